The Balaban J connectivity index is 1.37. The van der Waals surface area contributed by atoms with E-state index in [1.807, 2.05) is 36.4 Å². The number of halogens is 2. The van der Waals surface area contributed by atoms with Crippen molar-refractivity contribution < 1.29 is 19.1 Å². The molecule has 0 saturated carbocycles. The van der Waals surface area contributed by atoms with E-state index in [9.17, 15) is 9.59 Å². The van der Waals surface area contributed by atoms with Crippen molar-refractivity contribution in [2.24, 2.45) is 0 Å². The summed E-state index contributed by atoms with van der Waals surface area (Å²) in [6, 6.07) is 18.0. The number of nitrogens with one attached hydrogen (secondary N) is 3. The van der Waals surface area contributed by atoms with E-state index in [4.69, 9.17) is 44.9 Å². The normalized spacial score (nSPS) is 10.3. The van der Waals surface area contributed by atoms with Crippen LogP contribution < -0.4 is 25.6 Å². The fourth-order valence-corrected chi connectivity index (χ4v) is 3.13. The van der Waals surface area contributed by atoms with Gasteiger partial charge in [0.15, 0.2) is 18.3 Å². The van der Waals surface area contributed by atoms with Crippen molar-refractivity contribution >= 4 is 63.1 Å². The van der Waals surface area contributed by atoms with Crippen molar-refractivity contribution in [2.45, 2.75) is 0 Å². The van der Waals surface area contributed by atoms with Gasteiger partial charge in [-0.15, -0.1) is 0 Å². The summed E-state index contributed by atoms with van der Waals surface area (Å²) in [5, 5.41) is 5.11. The van der Waals surface area contributed by atoms with Crippen molar-refractivity contribution in [1.29, 1.82) is 0 Å². The van der Waals surface area contributed by atoms with Gasteiger partial charge in [0.1, 0.15) is 11.5 Å². The van der Waals surface area contributed by atoms with E-state index in [1.54, 1.807) is 18.2 Å². The van der Waals surface area contributed by atoms with Crippen molar-refractivity contribution in [2.75, 3.05) is 13.2 Å². The predicted octanol–water partition coefficient (Wildman–Crippen LogP) is 3.63. The zero-order chi connectivity index (χ0) is 22.2. The molecular formula is C21H17Cl2N3O4S. The average molecular weight is 478 g/mol. The molecule has 3 aromatic rings. The van der Waals surface area contributed by atoms with Gasteiger partial charge in [0, 0.05) is 5.02 Å². The Kier molecular flexibility index (Phi) is 7.88. The summed E-state index contributed by atoms with van der Waals surface area (Å²) in [4.78, 5) is 23.8. The topological polar surface area (TPSA) is 88.7 Å². The molecule has 3 N–H and O–H groups in total. The van der Waals surface area contributed by atoms with E-state index in [2.05, 4.69) is 16.2 Å². The largest absolute Gasteiger partial charge is 0.484 e. The first kappa shape index (κ1) is 22.6. The average Bonchev–Trinajstić information content (AvgIpc) is 2.75. The fourth-order valence-electron chi connectivity index (χ4n) is 2.50. The lowest BCUT2D eigenvalue weighted by atomic mass is 10.1. The van der Waals surface area contributed by atoms with E-state index in [0.717, 1.165) is 10.8 Å². The highest BCUT2D eigenvalue weighted by Gasteiger charge is 2.09. The van der Waals surface area contributed by atoms with E-state index >= 15 is 0 Å². The van der Waals surface area contributed by atoms with Crippen LogP contribution >= 0.6 is 35.4 Å². The van der Waals surface area contributed by atoms with E-state index in [0.29, 0.717) is 16.5 Å². The highest BCUT2D eigenvalue weighted by atomic mass is 35.5. The molecule has 10 heteroatoms. The standard InChI is InChI=1S/C21H17Cl2N3O4S/c22-15-6-8-18(17(23)10-15)30-12-20(28)25-26-21(31)24-19(27)11-29-16-7-5-13-3-1-2-4-14(13)9-16/h1-10H,11-12H2,(H,25,28)(H2,24,26,27,31). The van der Waals surface area contributed by atoms with Crippen LogP contribution in [0, 0.1) is 0 Å². The van der Waals surface area contributed by atoms with E-state index in [1.165, 1.54) is 6.07 Å². The quantitative estimate of drug-likeness (QED) is 0.371. The molecule has 0 bridgehead atoms. The molecule has 2 amide bonds. The molecule has 31 heavy (non-hydrogen) atoms. The molecule has 7 nitrogen and oxygen atoms in total. The molecule has 0 radical (unpaired) electrons. The third-order valence-corrected chi connectivity index (χ3v) is 4.65. The van der Waals surface area contributed by atoms with Crippen molar-refractivity contribution in [3.63, 3.8) is 0 Å². The minimum Gasteiger partial charge on any atom is -0.484 e. The number of carbonyl (C=O) groups excluding carboxylic acids is 2. The summed E-state index contributed by atoms with van der Waals surface area (Å²) in [5.41, 5.74) is 4.71. The van der Waals surface area contributed by atoms with E-state index in [-0.39, 0.29) is 23.3 Å². The van der Waals surface area contributed by atoms with Gasteiger partial charge in [-0.25, -0.2) is 0 Å². The van der Waals surface area contributed by atoms with Crippen LogP contribution in [-0.4, -0.2) is 30.1 Å². The minimum atomic E-state index is -0.532. The first-order valence-electron chi connectivity index (χ1n) is 8.99. The van der Waals surface area contributed by atoms with Gasteiger partial charge < -0.3 is 9.47 Å². The maximum absolute atomic E-state index is 12.0. The van der Waals surface area contributed by atoms with Gasteiger partial charge in [0.05, 0.1) is 5.02 Å². The molecular weight excluding hydrogens is 461 g/mol. The molecule has 160 valence electrons. The molecule has 0 spiro atoms. The van der Waals surface area contributed by atoms with Crippen LogP contribution in [0.3, 0.4) is 0 Å². The molecule has 0 fully saturated rings. The molecule has 0 saturated heterocycles. The second-order valence-electron chi connectivity index (χ2n) is 6.21. The number of hydrazine groups is 1. The minimum absolute atomic E-state index is 0.0926. The molecule has 0 atom stereocenters. The monoisotopic (exact) mass is 477 g/mol. The highest BCUT2D eigenvalue weighted by molar-refractivity contribution is 7.80. The molecule has 3 rings (SSSR count). The zero-order valence-corrected chi connectivity index (χ0v) is 18.3. The Morgan fingerprint density at radius 3 is 2.35 bits per heavy atom. The lowest BCUT2D eigenvalue weighted by molar-refractivity contribution is -0.124. The predicted molar refractivity (Wildman–Crippen MR) is 123 cm³/mol. The van der Waals surface area contributed by atoms with Crippen molar-refractivity contribution in [3.05, 3.63) is 70.7 Å². The van der Waals surface area contributed by atoms with Gasteiger partial charge in [-0.2, -0.15) is 0 Å². The van der Waals surface area contributed by atoms with Gasteiger partial charge in [0.25, 0.3) is 11.8 Å². The number of hydrogen-bond donors (Lipinski definition) is 3. The summed E-state index contributed by atoms with van der Waals surface area (Å²) in [5.74, 6) is -0.152. The Hall–Kier alpha value is -3.07. The van der Waals surface area contributed by atoms with Gasteiger partial charge in [-0.1, -0.05) is 53.5 Å². The fraction of sp³-hybridized carbons (Fsp3) is 0.0952. The summed E-state index contributed by atoms with van der Waals surface area (Å²) in [7, 11) is 0. The third kappa shape index (κ3) is 6.99. The second-order valence-corrected chi connectivity index (χ2v) is 7.46. The van der Waals surface area contributed by atoms with E-state index < -0.39 is 11.8 Å². The molecule has 0 aliphatic rings. The van der Waals surface area contributed by atoms with Crippen LogP contribution in [0.5, 0.6) is 11.5 Å². The van der Waals surface area contributed by atoms with Gasteiger partial charge in [0.2, 0.25) is 0 Å². The highest BCUT2D eigenvalue weighted by Crippen LogP contribution is 2.27. The summed E-state index contributed by atoms with van der Waals surface area (Å²) in [6.07, 6.45) is 0. The van der Waals surface area contributed by atoms with Crippen LogP contribution in [-0.2, 0) is 9.59 Å². The number of thiocarbonyl (C=S) groups is 1. The SMILES string of the molecule is O=C(COc1ccc(Cl)cc1Cl)NNC(=S)NC(=O)COc1ccc2ccccc2c1. The lowest BCUT2D eigenvalue weighted by Gasteiger charge is -2.12. The Bertz CT molecular complexity index is 1130. The number of amides is 2. The molecule has 0 aliphatic carbocycles. The lowest BCUT2D eigenvalue weighted by Crippen LogP contribution is -2.50. The van der Waals surface area contributed by atoms with Crippen LogP contribution in [0.25, 0.3) is 10.8 Å². The first-order valence-corrected chi connectivity index (χ1v) is 10.2. The molecule has 0 heterocycles. The maximum atomic E-state index is 12.0. The maximum Gasteiger partial charge on any atom is 0.276 e. The number of benzene rings is 3. The van der Waals surface area contributed by atoms with Gasteiger partial charge in [-0.3, -0.25) is 25.8 Å². The van der Waals surface area contributed by atoms with Crippen LogP contribution in [0.2, 0.25) is 10.0 Å². The molecule has 0 aliphatic heterocycles. The number of carbonyl (C=O) groups is 2. The van der Waals surface area contributed by atoms with Gasteiger partial charge in [-0.05, 0) is 53.3 Å². The molecule has 0 unspecified atom stereocenters. The summed E-state index contributed by atoms with van der Waals surface area (Å²) >= 11 is 16.7. The Morgan fingerprint density at radius 1 is 0.839 bits per heavy atom. The zero-order valence-electron chi connectivity index (χ0n) is 16.0. The third-order valence-electron chi connectivity index (χ3n) is 3.91. The first-order chi connectivity index (χ1) is 14.9. The molecule has 0 aromatic heterocycles. The van der Waals surface area contributed by atoms with Crippen LogP contribution in [0.4, 0.5) is 0 Å². The summed E-state index contributed by atoms with van der Waals surface area (Å²) in [6.45, 7) is -0.567. The smallest absolute Gasteiger partial charge is 0.276 e. The number of fused-ring (bicyclic) bond motifs is 1. The van der Waals surface area contributed by atoms with Crippen molar-refractivity contribution in [1.82, 2.24) is 16.2 Å². The Labute approximate surface area is 193 Å². The molecule has 3 aromatic carbocycles. The summed E-state index contributed by atoms with van der Waals surface area (Å²) < 4.78 is 10.8. The van der Waals surface area contributed by atoms with Crippen molar-refractivity contribution in [3.8, 4) is 11.5 Å². The van der Waals surface area contributed by atoms with Crippen LogP contribution in [0.1, 0.15) is 0 Å². The number of ether oxygens (including phenoxy) is 2. The second kappa shape index (κ2) is 10.8. The van der Waals surface area contributed by atoms with Gasteiger partial charge >= 0.3 is 0 Å². The van der Waals surface area contributed by atoms with Crippen LogP contribution in [0.15, 0.2) is 60.7 Å². The Morgan fingerprint density at radius 2 is 1.58 bits per heavy atom. The number of rotatable bonds is 6. The number of hydrogen-bond acceptors (Lipinski definition) is 5.